The minimum absolute atomic E-state index is 0.712. The molecule has 2 nitrogen and oxygen atoms in total. The first-order valence-corrected chi connectivity index (χ1v) is 4.83. The molecule has 11 heavy (non-hydrogen) atoms. The molecule has 2 aliphatic heterocycles. The highest BCUT2D eigenvalue weighted by atomic mass is 15.2. The summed E-state index contributed by atoms with van der Waals surface area (Å²) in [7, 11) is 0. The SMILES string of the molecule is C[C@H]1CN2CCCC[C@H]2CN1. The third-order valence-electron chi connectivity index (χ3n) is 2.96. The van der Waals surface area contributed by atoms with Crippen LogP contribution in [0.2, 0.25) is 0 Å². The number of nitrogens with zero attached hydrogens (tertiary/aromatic N) is 1. The van der Waals surface area contributed by atoms with Gasteiger partial charge in [-0.1, -0.05) is 6.42 Å². The predicted molar refractivity (Wildman–Crippen MR) is 46.7 cm³/mol. The Morgan fingerprint density at radius 2 is 2.27 bits per heavy atom. The molecular formula is C9H18N2. The van der Waals surface area contributed by atoms with Gasteiger partial charge in [0, 0.05) is 25.2 Å². The van der Waals surface area contributed by atoms with Crippen LogP contribution in [0.15, 0.2) is 0 Å². The molecule has 2 rings (SSSR count). The van der Waals surface area contributed by atoms with E-state index >= 15 is 0 Å². The largest absolute Gasteiger partial charge is 0.311 e. The Morgan fingerprint density at radius 3 is 3.18 bits per heavy atom. The zero-order valence-corrected chi connectivity index (χ0v) is 7.34. The van der Waals surface area contributed by atoms with Crippen LogP contribution in [0, 0.1) is 0 Å². The molecule has 64 valence electrons. The first-order valence-electron chi connectivity index (χ1n) is 4.83. The van der Waals surface area contributed by atoms with Crippen molar-refractivity contribution in [2.24, 2.45) is 0 Å². The molecule has 0 spiro atoms. The van der Waals surface area contributed by atoms with Crippen LogP contribution in [0.25, 0.3) is 0 Å². The molecule has 2 aliphatic rings. The molecule has 2 saturated heterocycles. The van der Waals surface area contributed by atoms with E-state index in [1.807, 2.05) is 0 Å². The van der Waals surface area contributed by atoms with Crippen molar-refractivity contribution >= 4 is 0 Å². The third kappa shape index (κ3) is 1.57. The lowest BCUT2D eigenvalue weighted by molar-refractivity contribution is 0.0995. The fourth-order valence-electron chi connectivity index (χ4n) is 2.29. The molecule has 2 heterocycles. The second-order valence-electron chi connectivity index (χ2n) is 3.95. The van der Waals surface area contributed by atoms with Crippen molar-refractivity contribution in [3.8, 4) is 0 Å². The van der Waals surface area contributed by atoms with Crippen LogP contribution in [0.4, 0.5) is 0 Å². The molecular weight excluding hydrogens is 136 g/mol. The van der Waals surface area contributed by atoms with Crippen LogP contribution >= 0.6 is 0 Å². The summed E-state index contributed by atoms with van der Waals surface area (Å²) in [6.45, 7) is 6.12. The lowest BCUT2D eigenvalue weighted by atomic mass is 9.99. The van der Waals surface area contributed by atoms with E-state index in [2.05, 4.69) is 17.1 Å². The number of hydrogen-bond acceptors (Lipinski definition) is 2. The van der Waals surface area contributed by atoms with Gasteiger partial charge >= 0.3 is 0 Å². The van der Waals surface area contributed by atoms with Gasteiger partial charge in [-0.2, -0.15) is 0 Å². The molecule has 0 unspecified atom stereocenters. The smallest absolute Gasteiger partial charge is 0.0221 e. The zero-order chi connectivity index (χ0) is 7.68. The minimum atomic E-state index is 0.712. The summed E-state index contributed by atoms with van der Waals surface area (Å²) in [6.07, 6.45) is 4.28. The highest BCUT2D eigenvalue weighted by Crippen LogP contribution is 2.18. The summed E-state index contributed by atoms with van der Waals surface area (Å²) in [5.41, 5.74) is 0. The van der Waals surface area contributed by atoms with Crippen molar-refractivity contribution in [2.75, 3.05) is 19.6 Å². The van der Waals surface area contributed by atoms with Crippen LogP contribution in [-0.4, -0.2) is 36.6 Å². The number of fused-ring (bicyclic) bond motifs is 1. The summed E-state index contributed by atoms with van der Waals surface area (Å²) in [5.74, 6) is 0. The second kappa shape index (κ2) is 3.11. The number of piperazine rings is 1. The average molecular weight is 154 g/mol. The standard InChI is InChI=1S/C9H18N2/c1-8-7-11-5-3-2-4-9(11)6-10-8/h8-10H,2-7H2,1H3/t8-,9-/m0/s1. The topological polar surface area (TPSA) is 15.3 Å². The number of hydrogen-bond donors (Lipinski definition) is 1. The maximum absolute atomic E-state index is 3.54. The monoisotopic (exact) mass is 154 g/mol. The van der Waals surface area contributed by atoms with Gasteiger partial charge in [-0.25, -0.2) is 0 Å². The predicted octanol–water partition coefficient (Wildman–Crippen LogP) is 0.833. The molecule has 0 aromatic rings. The van der Waals surface area contributed by atoms with Crippen LogP contribution in [0.5, 0.6) is 0 Å². The molecule has 0 saturated carbocycles. The van der Waals surface area contributed by atoms with Crippen molar-refractivity contribution in [1.82, 2.24) is 10.2 Å². The van der Waals surface area contributed by atoms with E-state index < -0.39 is 0 Å². The normalized spacial score (nSPS) is 40.1. The Morgan fingerprint density at radius 1 is 1.36 bits per heavy atom. The van der Waals surface area contributed by atoms with Gasteiger partial charge in [-0.3, -0.25) is 4.90 Å². The Hall–Kier alpha value is -0.0800. The van der Waals surface area contributed by atoms with Crippen LogP contribution in [0.3, 0.4) is 0 Å². The summed E-state index contributed by atoms with van der Waals surface area (Å²) >= 11 is 0. The molecule has 0 aromatic carbocycles. The van der Waals surface area contributed by atoms with Crippen LogP contribution in [0.1, 0.15) is 26.2 Å². The fraction of sp³-hybridized carbons (Fsp3) is 1.00. The van der Waals surface area contributed by atoms with Gasteiger partial charge in [0.1, 0.15) is 0 Å². The van der Waals surface area contributed by atoms with Crippen molar-refractivity contribution in [2.45, 2.75) is 38.3 Å². The lowest BCUT2D eigenvalue weighted by Gasteiger charge is -2.42. The Bertz CT molecular complexity index is 136. The molecule has 0 amide bonds. The van der Waals surface area contributed by atoms with Gasteiger partial charge in [-0.15, -0.1) is 0 Å². The molecule has 0 radical (unpaired) electrons. The van der Waals surface area contributed by atoms with E-state index in [0.717, 1.165) is 6.04 Å². The average Bonchev–Trinajstić information content (AvgIpc) is 2.04. The first kappa shape index (κ1) is 7.56. The Labute approximate surface area is 69.0 Å². The second-order valence-corrected chi connectivity index (χ2v) is 3.95. The fourth-order valence-corrected chi connectivity index (χ4v) is 2.29. The molecule has 2 atom stereocenters. The van der Waals surface area contributed by atoms with E-state index in [4.69, 9.17) is 0 Å². The highest BCUT2D eigenvalue weighted by Gasteiger charge is 2.27. The molecule has 2 fully saturated rings. The number of piperidine rings is 1. The molecule has 0 bridgehead atoms. The Kier molecular flexibility index (Phi) is 2.14. The van der Waals surface area contributed by atoms with Gasteiger partial charge in [0.2, 0.25) is 0 Å². The van der Waals surface area contributed by atoms with Crippen molar-refractivity contribution in [3.05, 3.63) is 0 Å². The molecule has 2 heteroatoms. The lowest BCUT2D eigenvalue weighted by Crippen LogP contribution is -2.56. The van der Waals surface area contributed by atoms with E-state index in [1.54, 1.807) is 0 Å². The summed E-state index contributed by atoms with van der Waals surface area (Å²) < 4.78 is 0. The summed E-state index contributed by atoms with van der Waals surface area (Å²) in [5, 5.41) is 3.54. The van der Waals surface area contributed by atoms with E-state index in [9.17, 15) is 0 Å². The third-order valence-corrected chi connectivity index (χ3v) is 2.96. The quantitative estimate of drug-likeness (QED) is 0.556. The first-order chi connectivity index (χ1) is 5.36. The van der Waals surface area contributed by atoms with E-state index in [-0.39, 0.29) is 0 Å². The Balaban J connectivity index is 1.93. The van der Waals surface area contributed by atoms with E-state index in [1.165, 1.54) is 38.9 Å². The van der Waals surface area contributed by atoms with Gasteiger partial charge in [0.15, 0.2) is 0 Å². The van der Waals surface area contributed by atoms with Gasteiger partial charge in [-0.05, 0) is 26.3 Å². The summed E-state index contributed by atoms with van der Waals surface area (Å²) in [4.78, 5) is 2.66. The maximum Gasteiger partial charge on any atom is 0.0221 e. The van der Waals surface area contributed by atoms with Crippen molar-refractivity contribution < 1.29 is 0 Å². The minimum Gasteiger partial charge on any atom is -0.311 e. The van der Waals surface area contributed by atoms with Crippen LogP contribution < -0.4 is 5.32 Å². The van der Waals surface area contributed by atoms with Gasteiger partial charge in [0.25, 0.3) is 0 Å². The molecule has 0 aromatic heterocycles. The highest BCUT2D eigenvalue weighted by molar-refractivity contribution is 4.86. The van der Waals surface area contributed by atoms with Crippen molar-refractivity contribution in [1.29, 1.82) is 0 Å². The molecule has 0 aliphatic carbocycles. The zero-order valence-electron chi connectivity index (χ0n) is 7.34. The number of rotatable bonds is 0. The van der Waals surface area contributed by atoms with E-state index in [0.29, 0.717) is 6.04 Å². The van der Waals surface area contributed by atoms with Gasteiger partial charge in [0.05, 0.1) is 0 Å². The van der Waals surface area contributed by atoms with Gasteiger partial charge < -0.3 is 5.32 Å². The van der Waals surface area contributed by atoms with Crippen LogP contribution in [-0.2, 0) is 0 Å². The summed E-state index contributed by atoms with van der Waals surface area (Å²) in [6, 6.07) is 1.57. The van der Waals surface area contributed by atoms with Crippen molar-refractivity contribution in [3.63, 3.8) is 0 Å². The number of nitrogens with one attached hydrogen (secondary N) is 1. The maximum atomic E-state index is 3.54. The molecule has 1 N–H and O–H groups in total.